The molecule has 0 saturated heterocycles. The van der Waals surface area contributed by atoms with Crippen LogP contribution in [0.2, 0.25) is 0 Å². The van der Waals surface area contributed by atoms with Crippen molar-refractivity contribution in [3.8, 4) is 5.75 Å². The minimum Gasteiger partial charge on any atom is -0.508 e. The first-order valence-corrected chi connectivity index (χ1v) is 7.39. The summed E-state index contributed by atoms with van der Waals surface area (Å²) in [4.78, 5) is 26.1. The van der Waals surface area contributed by atoms with Gasteiger partial charge in [0, 0.05) is 18.3 Å². The van der Waals surface area contributed by atoms with Gasteiger partial charge in [0.1, 0.15) is 11.8 Å². The maximum absolute atomic E-state index is 12.5. The molecule has 1 amide bonds. The maximum Gasteiger partial charge on any atom is 0.247 e. The molecule has 6 heteroatoms. The molecular formula is C17H21N3O3. The van der Waals surface area contributed by atoms with E-state index in [9.17, 15) is 14.7 Å². The van der Waals surface area contributed by atoms with Crippen LogP contribution < -0.4 is 0 Å². The second kappa shape index (κ2) is 6.64. The Morgan fingerprint density at radius 2 is 1.87 bits per heavy atom. The third kappa shape index (κ3) is 3.77. The molecule has 2 aromatic rings. The molecule has 1 atom stereocenters. The molecule has 0 spiro atoms. The third-order valence-corrected chi connectivity index (χ3v) is 3.72. The standard InChI is InChI=1S/C17H21N3O3/c1-11-9-12(2)20(18-11)13(3)17(23)19(4)10-16(22)14-5-7-15(21)8-6-14/h5-9,13,21H,10H2,1-4H3/t13-/m1/s1. The second-order valence-electron chi connectivity index (χ2n) is 5.71. The lowest BCUT2D eigenvalue weighted by molar-refractivity contribution is -0.132. The Morgan fingerprint density at radius 3 is 2.39 bits per heavy atom. The van der Waals surface area contributed by atoms with Gasteiger partial charge in [0.15, 0.2) is 5.78 Å². The van der Waals surface area contributed by atoms with E-state index >= 15 is 0 Å². The number of nitrogens with zero attached hydrogens (tertiary/aromatic N) is 3. The Balaban J connectivity index is 2.06. The van der Waals surface area contributed by atoms with Crippen LogP contribution in [0.4, 0.5) is 0 Å². The molecule has 0 bridgehead atoms. The number of carbonyl (C=O) groups is 2. The highest BCUT2D eigenvalue weighted by Crippen LogP contribution is 2.14. The Morgan fingerprint density at radius 1 is 1.26 bits per heavy atom. The van der Waals surface area contributed by atoms with Crippen molar-refractivity contribution in [1.29, 1.82) is 0 Å². The van der Waals surface area contributed by atoms with Crippen LogP contribution in [-0.4, -0.2) is 45.1 Å². The molecule has 2 rings (SSSR count). The Bertz CT molecular complexity index is 719. The fraction of sp³-hybridized carbons (Fsp3) is 0.353. The number of aryl methyl sites for hydroxylation is 2. The molecule has 0 aliphatic carbocycles. The topological polar surface area (TPSA) is 75.4 Å². The van der Waals surface area contributed by atoms with Crippen molar-refractivity contribution in [2.24, 2.45) is 0 Å². The summed E-state index contributed by atoms with van der Waals surface area (Å²) in [6, 6.07) is 7.43. The van der Waals surface area contributed by atoms with Crippen LogP contribution in [0.15, 0.2) is 30.3 Å². The predicted octanol–water partition coefficient (Wildman–Crippen LogP) is 2.11. The number of benzene rings is 1. The lowest BCUT2D eigenvalue weighted by Gasteiger charge is -2.22. The minimum atomic E-state index is -0.471. The summed E-state index contributed by atoms with van der Waals surface area (Å²) in [6.45, 7) is 5.51. The van der Waals surface area contributed by atoms with E-state index in [-0.39, 0.29) is 24.0 Å². The summed E-state index contributed by atoms with van der Waals surface area (Å²) < 4.78 is 1.67. The van der Waals surface area contributed by atoms with Gasteiger partial charge in [0.2, 0.25) is 5.91 Å². The highest BCUT2D eigenvalue weighted by molar-refractivity contribution is 5.99. The number of hydrogen-bond acceptors (Lipinski definition) is 4. The lowest BCUT2D eigenvalue weighted by atomic mass is 10.1. The molecule has 1 aromatic heterocycles. The Hall–Kier alpha value is -2.63. The third-order valence-electron chi connectivity index (χ3n) is 3.72. The fourth-order valence-electron chi connectivity index (χ4n) is 2.49. The van der Waals surface area contributed by atoms with Crippen LogP contribution >= 0.6 is 0 Å². The zero-order chi connectivity index (χ0) is 17.1. The number of likely N-dealkylation sites (N-methyl/N-ethyl adjacent to an activating group) is 1. The summed E-state index contributed by atoms with van der Waals surface area (Å²) in [5.74, 6) is -0.256. The summed E-state index contributed by atoms with van der Waals surface area (Å²) >= 11 is 0. The second-order valence-corrected chi connectivity index (χ2v) is 5.71. The van der Waals surface area contributed by atoms with Gasteiger partial charge in [0.05, 0.1) is 12.2 Å². The quantitative estimate of drug-likeness (QED) is 0.857. The van der Waals surface area contributed by atoms with Crippen LogP contribution in [0.25, 0.3) is 0 Å². The molecule has 0 saturated carbocycles. The predicted molar refractivity (Wildman–Crippen MR) is 86.5 cm³/mol. The van der Waals surface area contributed by atoms with Crippen LogP contribution in [-0.2, 0) is 4.79 Å². The van der Waals surface area contributed by atoms with Crippen molar-refractivity contribution in [3.63, 3.8) is 0 Å². The van der Waals surface area contributed by atoms with Gasteiger partial charge in [-0.25, -0.2) is 0 Å². The van der Waals surface area contributed by atoms with E-state index in [1.165, 1.54) is 17.0 Å². The molecule has 0 aliphatic heterocycles. The summed E-state index contributed by atoms with van der Waals surface area (Å²) in [6.07, 6.45) is 0. The maximum atomic E-state index is 12.5. The van der Waals surface area contributed by atoms with Gasteiger partial charge in [-0.3, -0.25) is 14.3 Å². The smallest absolute Gasteiger partial charge is 0.247 e. The first-order valence-electron chi connectivity index (χ1n) is 7.39. The highest BCUT2D eigenvalue weighted by Gasteiger charge is 2.23. The molecule has 0 fully saturated rings. The number of amides is 1. The average molecular weight is 315 g/mol. The van der Waals surface area contributed by atoms with Gasteiger partial charge >= 0.3 is 0 Å². The van der Waals surface area contributed by atoms with Gasteiger partial charge in [-0.05, 0) is 51.1 Å². The average Bonchev–Trinajstić information content (AvgIpc) is 2.84. The van der Waals surface area contributed by atoms with E-state index in [1.54, 1.807) is 30.8 Å². The zero-order valence-corrected chi connectivity index (χ0v) is 13.8. The van der Waals surface area contributed by atoms with Crippen molar-refractivity contribution in [2.45, 2.75) is 26.8 Å². The molecule has 23 heavy (non-hydrogen) atoms. The normalized spacial score (nSPS) is 12.0. The number of ketones is 1. The van der Waals surface area contributed by atoms with E-state index < -0.39 is 6.04 Å². The van der Waals surface area contributed by atoms with Gasteiger partial charge < -0.3 is 10.0 Å². The fourth-order valence-corrected chi connectivity index (χ4v) is 2.49. The number of hydrogen-bond donors (Lipinski definition) is 1. The van der Waals surface area contributed by atoms with E-state index in [2.05, 4.69) is 5.10 Å². The van der Waals surface area contributed by atoms with Crippen molar-refractivity contribution in [1.82, 2.24) is 14.7 Å². The molecule has 1 heterocycles. The molecular weight excluding hydrogens is 294 g/mol. The zero-order valence-electron chi connectivity index (χ0n) is 13.8. The summed E-state index contributed by atoms with van der Waals surface area (Å²) in [5, 5.41) is 13.6. The van der Waals surface area contributed by atoms with Gasteiger partial charge in [-0.1, -0.05) is 0 Å². The monoisotopic (exact) mass is 315 g/mol. The lowest BCUT2D eigenvalue weighted by Crippen LogP contribution is -2.37. The number of aromatic nitrogens is 2. The highest BCUT2D eigenvalue weighted by atomic mass is 16.3. The number of rotatable bonds is 5. The summed E-state index contributed by atoms with van der Waals surface area (Å²) in [5.41, 5.74) is 2.22. The van der Waals surface area contributed by atoms with Crippen molar-refractivity contribution >= 4 is 11.7 Å². The number of aromatic hydroxyl groups is 1. The number of Topliss-reactive ketones (excluding diaryl/α,β-unsaturated/α-hetero) is 1. The van der Waals surface area contributed by atoms with Crippen molar-refractivity contribution in [3.05, 3.63) is 47.3 Å². The number of phenolic OH excluding ortho intramolecular Hbond substituents is 1. The van der Waals surface area contributed by atoms with E-state index in [0.29, 0.717) is 5.56 Å². The van der Waals surface area contributed by atoms with Crippen LogP contribution in [0.1, 0.15) is 34.7 Å². The van der Waals surface area contributed by atoms with Gasteiger partial charge in [-0.15, -0.1) is 0 Å². The van der Waals surface area contributed by atoms with Crippen LogP contribution in [0.5, 0.6) is 5.75 Å². The number of phenols is 1. The first kappa shape index (κ1) is 16.7. The summed E-state index contributed by atoms with van der Waals surface area (Å²) in [7, 11) is 1.60. The van der Waals surface area contributed by atoms with Gasteiger partial charge in [-0.2, -0.15) is 5.10 Å². The molecule has 6 nitrogen and oxygen atoms in total. The SMILES string of the molecule is Cc1cc(C)n([C@H](C)C(=O)N(C)CC(=O)c2ccc(O)cc2)n1. The molecule has 0 aliphatic rings. The molecule has 1 aromatic carbocycles. The van der Waals surface area contributed by atoms with Crippen LogP contribution in [0, 0.1) is 13.8 Å². The Kier molecular flexibility index (Phi) is 4.83. The number of carbonyl (C=O) groups excluding carboxylic acids is 2. The van der Waals surface area contributed by atoms with Crippen molar-refractivity contribution in [2.75, 3.05) is 13.6 Å². The molecule has 0 unspecified atom stereocenters. The molecule has 0 radical (unpaired) electrons. The Labute approximate surface area is 135 Å². The van der Waals surface area contributed by atoms with Gasteiger partial charge in [0.25, 0.3) is 0 Å². The van der Waals surface area contributed by atoms with Crippen LogP contribution in [0.3, 0.4) is 0 Å². The largest absolute Gasteiger partial charge is 0.508 e. The van der Waals surface area contributed by atoms with E-state index in [1.807, 2.05) is 19.9 Å². The minimum absolute atomic E-state index is 0.0206. The molecule has 1 N–H and O–H groups in total. The van der Waals surface area contributed by atoms with Crippen molar-refractivity contribution < 1.29 is 14.7 Å². The molecule has 122 valence electrons. The van der Waals surface area contributed by atoms with E-state index in [0.717, 1.165) is 11.4 Å². The van der Waals surface area contributed by atoms with E-state index in [4.69, 9.17) is 0 Å². The first-order chi connectivity index (χ1) is 10.8.